The van der Waals surface area contributed by atoms with Gasteiger partial charge in [-0.2, -0.15) is 0 Å². The Hall–Kier alpha value is -3.71. The zero-order valence-corrected chi connectivity index (χ0v) is 16.5. The summed E-state index contributed by atoms with van der Waals surface area (Å²) in [5.74, 6) is -2.42. The SMILES string of the molecule is COCOc1ccc(N(C(=O)C(Cc2ccccc2)C(=O)O)c2cccnc2)cc1. The van der Waals surface area contributed by atoms with Gasteiger partial charge in [0.15, 0.2) is 6.79 Å². The molecule has 0 aliphatic carbocycles. The minimum absolute atomic E-state index is 0.0841. The molecule has 1 aromatic heterocycles. The summed E-state index contributed by atoms with van der Waals surface area (Å²) in [7, 11) is 1.52. The topological polar surface area (TPSA) is 89.0 Å². The number of carboxylic acids is 1. The average molecular weight is 406 g/mol. The van der Waals surface area contributed by atoms with Gasteiger partial charge in [-0.3, -0.25) is 19.5 Å². The van der Waals surface area contributed by atoms with E-state index in [-0.39, 0.29) is 13.2 Å². The molecule has 0 fully saturated rings. The third-order valence-electron chi connectivity index (χ3n) is 4.44. The van der Waals surface area contributed by atoms with Gasteiger partial charge in [-0.15, -0.1) is 0 Å². The molecule has 0 bridgehead atoms. The fourth-order valence-electron chi connectivity index (χ4n) is 2.99. The molecule has 1 N–H and O–H groups in total. The number of pyridine rings is 1. The molecule has 0 spiro atoms. The van der Waals surface area contributed by atoms with E-state index in [0.717, 1.165) is 5.56 Å². The van der Waals surface area contributed by atoms with Crippen molar-refractivity contribution in [2.45, 2.75) is 6.42 Å². The predicted octanol–water partition coefficient (Wildman–Crippen LogP) is 3.67. The van der Waals surface area contributed by atoms with Crippen LogP contribution in [0.5, 0.6) is 5.75 Å². The lowest BCUT2D eigenvalue weighted by Crippen LogP contribution is -2.38. The van der Waals surface area contributed by atoms with Crippen LogP contribution in [-0.4, -0.2) is 35.9 Å². The highest BCUT2D eigenvalue weighted by atomic mass is 16.7. The monoisotopic (exact) mass is 406 g/mol. The minimum atomic E-state index is -1.25. The molecule has 1 heterocycles. The number of benzene rings is 2. The van der Waals surface area contributed by atoms with Crippen LogP contribution < -0.4 is 9.64 Å². The van der Waals surface area contributed by atoms with E-state index >= 15 is 0 Å². The smallest absolute Gasteiger partial charge is 0.316 e. The number of aliphatic carboxylic acids is 1. The molecule has 0 saturated carbocycles. The average Bonchev–Trinajstić information content (AvgIpc) is 2.78. The molecular weight excluding hydrogens is 384 g/mol. The highest BCUT2D eigenvalue weighted by Crippen LogP contribution is 2.29. The van der Waals surface area contributed by atoms with E-state index in [4.69, 9.17) is 9.47 Å². The van der Waals surface area contributed by atoms with Gasteiger partial charge in [0.25, 0.3) is 0 Å². The van der Waals surface area contributed by atoms with E-state index in [1.807, 2.05) is 18.2 Å². The Labute approximate surface area is 174 Å². The zero-order valence-electron chi connectivity index (χ0n) is 16.5. The first-order chi connectivity index (χ1) is 14.6. The van der Waals surface area contributed by atoms with Crippen molar-refractivity contribution in [3.05, 3.63) is 84.7 Å². The number of methoxy groups -OCH3 is 1. The van der Waals surface area contributed by atoms with Gasteiger partial charge in [0.2, 0.25) is 5.91 Å². The van der Waals surface area contributed by atoms with Crippen molar-refractivity contribution < 1.29 is 24.2 Å². The van der Waals surface area contributed by atoms with Gasteiger partial charge in [-0.05, 0) is 48.4 Å². The summed E-state index contributed by atoms with van der Waals surface area (Å²) in [6.45, 7) is 0.1000. The molecule has 0 radical (unpaired) electrons. The Morgan fingerprint density at radius 1 is 1.00 bits per heavy atom. The number of carboxylic acid groups (broad SMARTS) is 1. The van der Waals surface area contributed by atoms with Crippen molar-refractivity contribution in [1.29, 1.82) is 0 Å². The van der Waals surface area contributed by atoms with Crippen LogP contribution in [0.1, 0.15) is 5.56 Å². The summed E-state index contributed by atoms with van der Waals surface area (Å²) in [6, 6.07) is 19.3. The number of carbonyl (C=O) groups is 2. The van der Waals surface area contributed by atoms with E-state index in [1.165, 1.54) is 18.2 Å². The van der Waals surface area contributed by atoms with E-state index in [9.17, 15) is 14.7 Å². The van der Waals surface area contributed by atoms with Crippen molar-refractivity contribution in [3.8, 4) is 5.75 Å². The number of rotatable bonds is 9. The lowest BCUT2D eigenvalue weighted by Gasteiger charge is -2.26. The standard InChI is InChI=1S/C23H22N2O5/c1-29-16-30-20-11-9-18(10-12-20)25(19-8-5-13-24-15-19)22(26)21(23(27)28)14-17-6-3-2-4-7-17/h2-13,15,21H,14,16H2,1H3,(H,27,28). The number of ether oxygens (including phenoxy) is 2. The van der Waals surface area contributed by atoms with Gasteiger partial charge in [-0.25, -0.2) is 0 Å². The first-order valence-electron chi connectivity index (χ1n) is 9.32. The molecule has 154 valence electrons. The van der Waals surface area contributed by atoms with Crippen LogP contribution in [0.25, 0.3) is 0 Å². The third kappa shape index (κ3) is 5.21. The van der Waals surface area contributed by atoms with Crippen molar-refractivity contribution in [2.24, 2.45) is 5.92 Å². The molecule has 30 heavy (non-hydrogen) atoms. The highest BCUT2D eigenvalue weighted by Gasteiger charge is 2.32. The van der Waals surface area contributed by atoms with Crippen LogP contribution in [0.4, 0.5) is 11.4 Å². The first kappa shape index (κ1) is 21.0. The minimum Gasteiger partial charge on any atom is -0.481 e. The molecule has 1 unspecified atom stereocenters. The van der Waals surface area contributed by atoms with Gasteiger partial charge in [0.05, 0.1) is 11.9 Å². The fourth-order valence-corrected chi connectivity index (χ4v) is 2.99. The third-order valence-corrected chi connectivity index (χ3v) is 4.44. The first-order valence-corrected chi connectivity index (χ1v) is 9.32. The second-order valence-electron chi connectivity index (χ2n) is 6.51. The molecule has 0 aliphatic rings. The molecule has 7 nitrogen and oxygen atoms in total. The maximum atomic E-state index is 13.4. The Bertz CT molecular complexity index is 962. The van der Waals surface area contributed by atoms with Crippen molar-refractivity contribution in [2.75, 3.05) is 18.8 Å². The highest BCUT2D eigenvalue weighted by molar-refractivity contribution is 6.09. The van der Waals surface area contributed by atoms with E-state index in [2.05, 4.69) is 4.98 Å². The molecule has 3 rings (SSSR count). The maximum Gasteiger partial charge on any atom is 0.316 e. The molecule has 0 saturated heterocycles. The molecule has 1 atom stereocenters. The van der Waals surface area contributed by atoms with Crippen LogP contribution in [0.3, 0.4) is 0 Å². The van der Waals surface area contributed by atoms with Gasteiger partial charge in [0, 0.05) is 19.0 Å². The quantitative estimate of drug-likeness (QED) is 0.431. The van der Waals surface area contributed by atoms with E-state index < -0.39 is 17.8 Å². The van der Waals surface area contributed by atoms with Gasteiger partial charge in [0.1, 0.15) is 11.7 Å². The molecule has 2 aromatic carbocycles. The lowest BCUT2D eigenvalue weighted by atomic mass is 9.97. The number of amides is 1. The maximum absolute atomic E-state index is 13.4. The summed E-state index contributed by atoms with van der Waals surface area (Å²) in [5.41, 5.74) is 1.76. The van der Waals surface area contributed by atoms with E-state index in [0.29, 0.717) is 17.1 Å². The van der Waals surface area contributed by atoms with Crippen LogP contribution in [0.15, 0.2) is 79.1 Å². The van der Waals surface area contributed by atoms with Crippen LogP contribution in [0, 0.1) is 5.92 Å². The normalized spacial score (nSPS) is 11.5. The predicted molar refractivity (Wildman–Crippen MR) is 112 cm³/mol. The van der Waals surface area contributed by atoms with Gasteiger partial charge >= 0.3 is 5.97 Å². The van der Waals surface area contributed by atoms with Gasteiger partial charge < -0.3 is 14.6 Å². The number of nitrogens with zero attached hydrogens (tertiary/aromatic N) is 2. The van der Waals surface area contributed by atoms with Crippen molar-refractivity contribution >= 4 is 23.3 Å². The van der Waals surface area contributed by atoms with Crippen molar-refractivity contribution in [1.82, 2.24) is 4.98 Å². The number of anilines is 2. The number of hydrogen-bond donors (Lipinski definition) is 1. The summed E-state index contributed by atoms with van der Waals surface area (Å²) < 4.78 is 10.3. The van der Waals surface area contributed by atoms with E-state index in [1.54, 1.807) is 54.7 Å². The van der Waals surface area contributed by atoms with Gasteiger partial charge in [-0.1, -0.05) is 30.3 Å². The Morgan fingerprint density at radius 2 is 1.73 bits per heavy atom. The Kier molecular flexibility index (Phi) is 7.13. The molecule has 3 aromatic rings. The zero-order chi connectivity index (χ0) is 21.3. The van der Waals surface area contributed by atoms with Crippen LogP contribution >= 0.6 is 0 Å². The summed E-state index contributed by atoms with van der Waals surface area (Å²) in [4.78, 5) is 30.8. The fraction of sp³-hybridized carbons (Fsp3) is 0.174. The molecule has 1 amide bonds. The molecule has 0 aliphatic heterocycles. The number of hydrogen-bond acceptors (Lipinski definition) is 5. The number of aromatic nitrogens is 1. The van der Waals surface area contributed by atoms with Crippen LogP contribution in [0.2, 0.25) is 0 Å². The largest absolute Gasteiger partial charge is 0.481 e. The Balaban J connectivity index is 1.94. The summed E-state index contributed by atoms with van der Waals surface area (Å²) in [5, 5.41) is 9.79. The second kappa shape index (κ2) is 10.2. The summed E-state index contributed by atoms with van der Waals surface area (Å²) in [6.07, 6.45) is 3.20. The second-order valence-corrected chi connectivity index (χ2v) is 6.51. The Morgan fingerprint density at radius 3 is 2.33 bits per heavy atom. The van der Waals surface area contributed by atoms with Crippen molar-refractivity contribution in [3.63, 3.8) is 0 Å². The summed E-state index contributed by atoms with van der Waals surface area (Å²) >= 11 is 0. The number of carbonyl (C=O) groups excluding carboxylic acids is 1. The lowest BCUT2D eigenvalue weighted by molar-refractivity contribution is -0.145. The molecule has 7 heteroatoms. The van der Waals surface area contributed by atoms with Crippen LogP contribution in [-0.2, 0) is 20.7 Å². The molecular formula is C23H22N2O5.